The summed E-state index contributed by atoms with van der Waals surface area (Å²) in [6.45, 7) is 0.157. The normalized spacial score (nSPS) is 11.8. The average Bonchev–Trinajstić information content (AvgIpc) is 2.95. The van der Waals surface area contributed by atoms with Gasteiger partial charge in [-0.1, -0.05) is 6.07 Å². The number of sulfonamides is 1. The van der Waals surface area contributed by atoms with Gasteiger partial charge in [0.1, 0.15) is 4.90 Å². The molecule has 2 rings (SSSR count). The smallest absolute Gasteiger partial charge is 0.246 e. The number of phenols is 1. The van der Waals surface area contributed by atoms with Crippen LogP contribution in [0.25, 0.3) is 0 Å². The summed E-state index contributed by atoms with van der Waals surface area (Å²) in [7, 11) is -0.678. The maximum absolute atomic E-state index is 12.2. The van der Waals surface area contributed by atoms with Crippen LogP contribution in [0.1, 0.15) is 5.56 Å². The lowest BCUT2D eigenvalue weighted by Crippen LogP contribution is -2.26. The van der Waals surface area contributed by atoms with Gasteiger partial charge in [-0.05, 0) is 17.7 Å². The van der Waals surface area contributed by atoms with Crippen molar-refractivity contribution >= 4 is 10.0 Å². The zero-order valence-corrected chi connectivity index (χ0v) is 11.9. The summed E-state index contributed by atoms with van der Waals surface area (Å²) in [5.74, 6) is 0.313. The molecule has 1 aromatic carbocycles. The number of benzene rings is 1. The molecule has 1 aromatic heterocycles. The monoisotopic (exact) mass is 297 g/mol. The molecule has 8 heteroatoms. The Morgan fingerprint density at radius 1 is 1.45 bits per heavy atom. The molecule has 2 N–H and O–H groups in total. The van der Waals surface area contributed by atoms with Crippen LogP contribution in [0, 0.1) is 0 Å². The second-order valence-electron chi connectivity index (χ2n) is 4.20. The summed E-state index contributed by atoms with van der Waals surface area (Å²) in [5, 5.41) is 15.6. The van der Waals surface area contributed by atoms with Gasteiger partial charge < -0.3 is 9.84 Å². The fraction of sp³-hybridized carbons (Fsp3) is 0.250. The molecule has 2 aromatic rings. The maximum atomic E-state index is 12.2. The predicted molar refractivity (Wildman–Crippen MR) is 71.9 cm³/mol. The van der Waals surface area contributed by atoms with Crippen molar-refractivity contribution in [2.24, 2.45) is 0 Å². The third kappa shape index (κ3) is 2.75. The van der Waals surface area contributed by atoms with Crippen molar-refractivity contribution < 1.29 is 18.3 Å². The summed E-state index contributed by atoms with van der Waals surface area (Å²) in [4.78, 5) is 0.103. The Morgan fingerprint density at radius 3 is 2.80 bits per heavy atom. The van der Waals surface area contributed by atoms with E-state index in [2.05, 4.69) is 10.2 Å². The quantitative estimate of drug-likeness (QED) is 0.856. The van der Waals surface area contributed by atoms with Crippen LogP contribution in [0.3, 0.4) is 0 Å². The van der Waals surface area contributed by atoms with Crippen molar-refractivity contribution in [2.75, 3.05) is 14.2 Å². The highest BCUT2D eigenvalue weighted by Crippen LogP contribution is 2.27. The van der Waals surface area contributed by atoms with Crippen LogP contribution in [-0.2, 0) is 16.6 Å². The molecule has 0 spiro atoms. The van der Waals surface area contributed by atoms with Crippen molar-refractivity contribution in [1.82, 2.24) is 14.5 Å². The number of hydrogen-bond acceptors (Lipinski definition) is 5. The number of methoxy groups -OCH3 is 1. The molecule has 0 saturated heterocycles. The van der Waals surface area contributed by atoms with E-state index in [1.54, 1.807) is 12.1 Å². The van der Waals surface area contributed by atoms with E-state index in [0.717, 1.165) is 0 Å². The van der Waals surface area contributed by atoms with Crippen molar-refractivity contribution in [3.63, 3.8) is 0 Å². The number of nitrogens with zero attached hydrogens (tertiary/aromatic N) is 2. The SMILES string of the molecule is COc1cc(CN(C)S(=O)(=O)c2cn[nH]c2)ccc1O. The number of rotatable bonds is 5. The highest BCUT2D eigenvalue weighted by atomic mass is 32.2. The van der Waals surface area contributed by atoms with Crippen LogP contribution in [0.5, 0.6) is 11.5 Å². The van der Waals surface area contributed by atoms with E-state index in [-0.39, 0.29) is 17.2 Å². The Hall–Kier alpha value is -2.06. The summed E-state index contributed by atoms with van der Waals surface area (Å²) >= 11 is 0. The largest absolute Gasteiger partial charge is 0.504 e. The minimum atomic E-state index is -3.59. The van der Waals surface area contributed by atoms with E-state index in [1.807, 2.05) is 0 Å². The second kappa shape index (κ2) is 5.51. The summed E-state index contributed by atoms with van der Waals surface area (Å²) < 4.78 is 30.6. The van der Waals surface area contributed by atoms with E-state index in [0.29, 0.717) is 11.3 Å². The van der Waals surface area contributed by atoms with Gasteiger partial charge in [0.05, 0.1) is 13.3 Å². The summed E-state index contributed by atoms with van der Waals surface area (Å²) in [6.07, 6.45) is 2.58. The average molecular weight is 297 g/mol. The molecule has 0 amide bonds. The molecule has 0 aliphatic rings. The van der Waals surface area contributed by atoms with E-state index >= 15 is 0 Å². The number of aromatic hydroxyl groups is 1. The lowest BCUT2D eigenvalue weighted by Gasteiger charge is -2.16. The molecule has 0 bridgehead atoms. The number of ether oxygens (including phenoxy) is 1. The Labute approximate surface area is 116 Å². The molecular formula is C12H15N3O4S. The van der Waals surface area contributed by atoms with Crippen LogP contribution in [0.4, 0.5) is 0 Å². The zero-order valence-electron chi connectivity index (χ0n) is 11.1. The first-order valence-electron chi connectivity index (χ1n) is 5.76. The van der Waals surface area contributed by atoms with Gasteiger partial charge in [-0.2, -0.15) is 9.40 Å². The lowest BCUT2D eigenvalue weighted by atomic mass is 10.2. The highest BCUT2D eigenvalue weighted by molar-refractivity contribution is 7.89. The molecular weight excluding hydrogens is 282 g/mol. The fourth-order valence-electron chi connectivity index (χ4n) is 1.72. The van der Waals surface area contributed by atoms with Gasteiger partial charge in [-0.25, -0.2) is 8.42 Å². The number of hydrogen-bond donors (Lipinski definition) is 2. The Morgan fingerprint density at radius 2 is 2.20 bits per heavy atom. The van der Waals surface area contributed by atoms with Crippen LogP contribution < -0.4 is 4.74 Å². The molecule has 0 radical (unpaired) electrons. The number of H-pyrrole nitrogens is 1. The van der Waals surface area contributed by atoms with E-state index in [1.165, 1.54) is 36.9 Å². The van der Waals surface area contributed by atoms with Crippen molar-refractivity contribution in [2.45, 2.75) is 11.4 Å². The van der Waals surface area contributed by atoms with Gasteiger partial charge in [-0.3, -0.25) is 5.10 Å². The standard InChI is InChI=1S/C12H15N3O4S/c1-15(20(17,18)10-6-13-14-7-10)8-9-3-4-11(16)12(5-9)19-2/h3-7,16H,8H2,1-2H3,(H,13,14). The van der Waals surface area contributed by atoms with Crippen LogP contribution in [-0.4, -0.2) is 42.2 Å². The number of aromatic amines is 1. The Bertz CT molecular complexity index is 683. The van der Waals surface area contributed by atoms with Gasteiger partial charge in [-0.15, -0.1) is 0 Å². The predicted octanol–water partition coefficient (Wildman–Crippen LogP) is 0.945. The first-order valence-corrected chi connectivity index (χ1v) is 7.20. The molecule has 108 valence electrons. The lowest BCUT2D eigenvalue weighted by molar-refractivity contribution is 0.372. The van der Waals surface area contributed by atoms with E-state index in [4.69, 9.17) is 4.74 Å². The van der Waals surface area contributed by atoms with Crippen LogP contribution in [0.2, 0.25) is 0 Å². The van der Waals surface area contributed by atoms with Crippen LogP contribution in [0.15, 0.2) is 35.5 Å². The first-order chi connectivity index (χ1) is 9.45. The molecule has 7 nitrogen and oxygen atoms in total. The molecule has 20 heavy (non-hydrogen) atoms. The maximum Gasteiger partial charge on any atom is 0.246 e. The van der Waals surface area contributed by atoms with Gasteiger partial charge in [0.15, 0.2) is 11.5 Å². The zero-order chi connectivity index (χ0) is 14.8. The molecule has 0 aliphatic heterocycles. The summed E-state index contributed by atoms with van der Waals surface area (Å²) in [6, 6.07) is 4.70. The van der Waals surface area contributed by atoms with E-state index in [9.17, 15) is 13.5 Å². The number of nitrogens with one attached hydrogen (secondary N) is 1. The number of aromatic nitrogens is 2. The second-order valence-corrected chi connectivity index (χ2v) is 6.25. The van der Waals surface area contributed by atoms with Crippen molar-refractivity contribution in [3.05, 3.63) is 36.2 Å². The van der Waals surface area contributed by atoms with E-state index < -0.39 is 10.0 Å². The minimum absolute atomic E-state index is 0.0107. The molecule has 0 unspecified atom stereocenters. The molecule has 0 fully saturated rings. The third-order valence-electron chi connectivity index (χ3n) is 2.83. The van der Waals surface area contributed by atoms with Gasteiger partial charge in [0.25, 0.3) is 0 Å². The van der Waals surface area contributed by atoms with Crippen LogP contribution >= 0.6 is 0 Å². The van der Waals surface area contributed by atoms with Gasteiger partial charge in [0.2, 0.25) is 10.0 Å². The molecule has 0 saturated carbocycles. The number of phenolic OH excluding ortho intramolecular Hbond substituents is 1. The van der Waals surface area contributed by atoms with Gasteiger partial charge >= 0.3 is 0 Å². The molecule has 0 atom stereocenters. The van der Waals surface area contributed by atoms with Crippen molar-refractivity contribution in [3.8, 4) is 11.5 Å². The Kier molecular flexibility index (Phi) is 3.96. The fourth-order valence-corrected chi connectivity index (χ4v) is 2.79. The highest BCUT2D eigenvalue weighted by Gasteiger charge is 2.22. The molecule has 1 heterocycles. The topological polar surface area (TPSA) is 95.5 Å². The summed E-state index contributed by atoms with van der Waals surface area (Å²) in [5.41, 5.74) is 0.703. The third-order valence-corrected chi connectivity index (χ3v) is 4.60. The molecule has 0 aliphatic carbocycles. The Balaban J connectivity index is 2.22. The first kappa shape index (κ1) is 14.4. The van der Waals surface area contributed by atoms with Crippen molar-refractivity contribution in [1.29, 1.82) is 0 Å². The minimum Gasteiger partial charge on any atom is -0.504 e. The van der Waals surface area contributed by atoms with Gasteiger partial charge in [0, 0.05) is 19.8 Å².